The minimum absolute atomic E-state index is 0.923. The second kappa shape index (κ2) is 10.2. The van der Waals surface area contributed by atoms with Crippen molar-refractivity contribution in [1.82, 2.24) is 19.4 Å². The van der Waals surface area contributed by atoms with Crippen molar-refractivity contribution >= 4 is 38.2 Å². The van der Waals surface area contributed by atoms with E-state index in [-0.39, 0.29) is 0 Å². The first-order valence-corrected chi connectivity index (χ1v) is 15.1. The molecule has 0 N–H and O–H groups in total. The summed E-state index contributed by atoms with van der Waals surface area (Å²) in [6.45, 7) is 0. The van der Waals surface area contributed by atoms with Crippen molar-refractivity contribution in [2.24, 2.45) is 0 Å². The Labute approximate surface area is 259 Å². The van der Waals surface area contributed by atoms with E-state index in [1.54, 1.807) is 0 Å². The minimum atomic E-state index is 0.923. The van der Waals surface area contributed by atoms with Crippen molar-refractivity contribution in [3.63, 3.8) is 0 Å². The molecular weight excluding hydrogens is 548 g/mol. The van der Waals surface area contributed by atoms with Gasteiger partial charge in [-0.05, 0) is 59.0 Å². The van der Waals surface area contributed by atoms with Gasteiger partial charge in [-0.25, -0.2) is 15.0 Å². The zero-order chi connectivity index (χ0) is 29.7. The molecule has 9 rings (SSSR count). The van der Waals surface area contributed by atoms with E-state index in [0.29, 0.717) is 0 Å². The molecule has 0 spiro atoms. The minimum Gasteiger partial charge on any atom is -0.306 e. The van der Waals surface area contributed by atoms with Gasteiger partial charge in [-0.2, -0.15) is 0 Å². The van der Waals surface area contributed by atoms with Gasteiger partial charge in [0.1, 0.15) is 5.65 Å². The van der Waals surface area contributed by atoms with Crippen LogP contribution in [0.25, 0.3) is 83.1 Å². The molecule has 4 heteroatoms. The molecule has 0 bridgehead atoms. The molecule has 0 saturated carbocycles. The van der Waals surface area contributed by atoms with Crippen molar-refractivity contribution in [3.8, 4) is 44.9 Å². The van der Waals surface area contributed by atoms with Gasteiger partial charge < -0.3 is 4.40 Å². The van der Waals surface area contributed by atoms with Crippen LogP contribution in [0.5, 0.6) is 0 Å². The standard InChI is InChI=1S/C41H26N4/c1-4-10-27(11-5-1)35-21-19-33-36(42-35)22-18-32-34-24-30(16-20-37(34)44-41(40(32)33)29-14-8-3-9-15-29)31-17-23-39-43-38(26-45(39)25-31)28-12-6-2-7-13-28/h1-26H. The maximum absolute atomic E-state index is 5.28. The van der Waals surface area contributed by atoms with Crippen LogP contribution in [0.3, 0.4) is 0 Å². The van der Waals surface area contributed by atoms with Crippen LogP contribution in [0.1, 0.15) is 0 Å². The van der Waals surface area contributed by atoms with Gasteiger partial charge in [0.25, 0.3) is 0 Å². The fraction of sp³-hybridized carbons (Fsp3) is 0. The number of fused-ring (bicyclic) bond motifs is 6. The molecule has 0 aliphatic heterocycles. The van der Waals surface area contributed by atoms with E-state index < -0.39 is 0 Å². The van der Waals surface area contributed by atoms with Crippen LogP contribution in [0.2, 0.25) is 0 Å². The molecule has 0 aliphatic rings. The number of aromatic nitrogens is 4. The van der Waals surface area contributed by atoms with E-state index in [4.69, 9.17) is 15.0 Å². The number of imidazole rings is 1. The lowest BCUT2D eigenvalue weighted by Crippen LogP contribution is -1.93. The summed E-state index contributed by atoms with van der Waals surface area (Å²) < 4.78 is 2.11. The molecule has 9 aromatic rings. The van der Waals surface area contributed by atoms with Crippen LogP contribution >= 0.6 is 0 Å². The van der Waals surface area contributed by atoms with Crippen molar-refractivity contribution in [2.45, 2.75) is 0 Å². The highest BCUT2D eigenvalue weighted by molar-refractivity contribution is 6.21. The average molecular weight is 575 g/mol. The van der Waals surface area contributed by atoms with Gasteiger partial charge in [0.15, 0.2) is 0 Å². The first-order chi connectivity index (χ1) is 22.3. The Hall–Kier alpha value is -6.13. The molecule has 0 radical (unpaired) electrons. The molecule has 5 aromatic carbocycles. The second-order valence-corrected chi connectivity index (χ2v) is 11.4. The summed E-state index contributed by atoms with van der Waals surface area (Å²) in [5.74, 6) is 0. The topological polar surface area (TPSA) is 43.1 Å². The molecule has 0 unspecified atom stereocenters. The molecule has 0 saturated heterocycles. The summed E-state index contributed by atoms with van der Waals surface area (Å²) >= 11 is 0. The number of pyridine rings is 3. The van der Waals surface area contributed by atoms with E-state index in [1.165, 1.54) is 0 Å². The smallest absolute Gasteiger partial charge is 0.137 e. The van der Waals surface area contributed by atoms with Gasteiger partial charge in [-0.15, -0.1) is 0 Å². The lowest BCUT2D eigenvalue weighted by atomic mass is 9.94. The van der Waals surface area contributed by atoms with E-state index in [0.717, 1.165) is 83.1 Å². The third-order valence-electron chi connectivity index (χ3n) is 8.60. The van der Waals surface area contributed by atoms with Gasteiger partial charge in [-0.3, -0.25) is 0 Å². The third-order valence-corrected chi connectivity index (χ3v) is 8.60. The maximum atomic E-state index is 5.28. The second-order valence-electron chi connectivity index (χ2n) is 11.4. The maximum Gasteiger partial charge on any atom is 0.137 e. The van der Waals surface area contributed by atoms with Crippen LogP contribution < -0.4 is 0 Å². The van der Waals surface area contributed by atoms with E-state index in [9.17, 15) is 0 Å². The fourth-order valence-electron chi connectivity index (χ4n) is 6.37. The molecule has 0 atom stereocenters. The lowest BCUT2D eigenvalue weighted by molar-refractivity contribution is 1.19. The zero-order valence-electron chi connectivity index (χ0n) is 24.3. The summed E-state index contributed by atoms with van der Waals surface area (Å²) in [4.78, 5) is 15.2. The monoisotopic (exact) mass is 574 g/mol. The Morgan fingerprint density at radius 2 is 1.00 bits per heavy atom. The number of hydrogen-bond acceptors (Lipinski definition) is 3. The molecule has 4 aromatic heterocycles. The summed E-state index contributed by atoms with van der Waals surface area (Å²) in [7, 11) is 0. The Bertz CT molecular complexity index is 2520. The first-order valence-electron chi connectivity index (χ1n) is 15.1. The van der Waals surface area contributed by atoms with Crippen LogP contribution in [0.4, 0.5) is 0 Å². The zero-order valence-corrected chi connectivity index (χ0v) is 24.3. The molecule has 0 aliphatic carbocycles. The highest BCUT2D eigenvalue weighted by atomic mass is 15.0. The van der Waals surface area contributed by atoms with Crippen LogP contribution in [0, 0.1) is 0 Å². The first kappa shape index (κ1) is 25.4. The summed E-state index contributed by atoms with van der Waals surface area (Å²) in [6, 6.07) is 50.6. The van der Waals surface area contributed by atoms with Gasteiger partial charge in [-0.1, -0.05) is 103 Å². The van der Waals surface area contributed by atoms with Gasteiger partial charge in [0.05, 0.1) is 28.1 Å². The quantitative estimate of drug-likeness (QED) is 0.196. The number of benzene rings is 5. The van der Waals surface area contributed by atoms with Crippen molar-refractivity contribution in [2.75, 3.05) is 0 Å². The van der Waals surface area contributed by atoms with Gasteiger partial charge >= 0.3 is 0 Å². The summed E-state index contributed by atoms with van der Waals surface area (Å²) in [5, 5.41) is 4.50. The molecule has 0 fully saturated rings. The number of rotatable bonds is 4. The molecule has 4 heterocycles. The highest BCUT2D eigenvalue weighted by Crippen LogP contribution is 2.39. The fourth-order valence-corrected chi connectivity index (χ4v) is 6.37. The summed E-state index contributed by atoms with van der Waals surface area (Å²) in [6.07, 6.45) is 4.26. The Kier molecular flexibility index (Phi) is 5.78. The Balaban J connectivity index is 1.24. The predicted molar refractivity (Wildman–Crippen MR) is 185 cm³/mol. The summed E-state index contributed by atoms with van der Waals surface area (Å²) in [5.41, 5.74) is 11.3. The number of nitrogens with zero attached hydrogens (tertiary/aromatic N) is 4. The van der Waals surface area contributed by atoms with Crippen molar-refractivity contribution < 1.29 is 0 Å². The Morgan fingerprint density at radius 1 is 0.378 bits per heavy atom. The van der Waals surface area contributed by atoms with Crippen LogP contribution in [-0.2, 0) is 0 Å². The van der Waals surface area contributed by atoms with Crippen molar-refractivity contribution in [3.05, 3.63) is 158 Å². The normalized spacial score (nSPS) is 11.6. The van der Waals surface area contributed by atoms with Crippen LogP contribution in [0.15, 0.2) is 158 Å². The molecule has 210 valence electrons. The number of hydrogen-bond donors (Lipinski definition) is 0. The van der Waals surface area contributed by atoms with E-state index in [2.05, 4.69) is 132 Å². The molecule has 4 nitrogen and oxygen atoms in total. The molecular formula is C41H26N4. The third kappa shape index (κ3) is 4.35. The molecule has 0 amide bonds. The lowest BCUT2D eigenvalue weighted by Gasteiger charge is -2.14. The van der Waals surface area contributed by atoms with Gasteiger partial charge in [0, 0.05) is 45.2 Å². The highest BCUT2D eigenvalue weighted by Gasteiger charge is 2.16. The molecule has 45 heavy (non-hydrogen) atoms. The van der Waals surface area contributed by atoms with E-state index >= 15 is 0 Å². The predicted octanol–water partition coefficient (Wildman–Crippen LogP) is 10.3. The largest absolute Gasteiger partial charge is 0.306 e. The van der Waals surface area contributed by atoms with E-state index in [1.807, 2.05) is 30.3 Å². The Morgan fingerprint density at radius 3 is 1.76 bits per heavy atom. The average Bonchev–Trinajstić information content (AvgIpc) is 3.55. The van der Waals surface area contributed by atoms with Gasteiger partial charge in [0.2, 0.25) is 0 Å². The SMILES string of the molecule is c1ccc(-c2ccc3c(ccc4c5cc(-c6ccc7nc(-c8ccccc8)cn7c6)ccc5nc(-c5ccccc5)c34)n2)cc1. The van der Waals surface area contributed by atoms with Crippen molar-refractivity contribution in [1.29, 1.82) is 0 Å². The van der Waals surface area contributed by atoms with Crippen LogP contribution in [-0.4, -0.2) is 19.4 Å².